The molecule has 0 spiro atoms. The highest BCUT2D eigenvalue weighted by molar-refractivity contribution is 5.94. The molecule has 0 aliphatic heterocycles. The summed E-state index contributed by atoms with van der Waals surface area (Å²) in [5, 5.41) is 8.73. The molecule has 0 bridgehead atoms. The minimum Gasteiger partial charge on any atom is -0.362 e. The number of benzene rings is 2. The van der Waals surface area contributed by atoms with Crippen molar-refractivity contribution in [3.63, 3.8) is 0 Å². The predicted octanol–water partition coefficient (Wildman–Crippen LogP) is 5.28. The van der Waals surface area contributed by atoms with Gasteiger partial charge in [0.15, 0.2) is 0 Å². The molecule has 0 atom stereocenters. The van der Waals surface area contributed by atoms with Crippen molar-refractivity contribution in [2.45, 2.75) is 39.2 Å². The van der Waals surface area contributed by atoms with E-state index in [0.29, 0.717) is 30.1 Å². The number of hydrogen-bond donors (Lipinski definition) is 2. The number of pyridine rings is 1. The molecule has 2 aromatic heterocycles. The quantitative estimate of drug-likeness (QED) is 0.399. The molecule has 1 amide bonds. The molecule has 4 aromatic rings. The van der Waals surface area contributed by atoms with Gasteiger partial charge >= 0.3 is 0 Å². The zero-order valence-corrected chi connectivity index (χ0v) is 19.7. The van der Waals surface area contributed by atoms with Gasteiger partial charge in [0.05, 0.1) is 11.0 Å². The van der Waals surface area contributed by atoms with Crippen LogP contribution in [-0.2, 0) is 0 Å². The van der Waals surface area contributed by atoms with Crippen molar-refractivity contribution < 1.29 is 4.79 Å². The standard InChI is InChI=1S/C27H30N6O.CH4/c1-33(2)25-21-8-4-6-10-23(21)31-27(32-25)29-20-14-11-18(12-15-20)17-28-26(34)24-16-13-19-7-3-5-9-22(19)30-24;/h3-10,13,16,18,20H,11-12,14-15,17H2,1-2H3,(H,28,34)(H,29,31,32);1H4. The Kier molecular flexibility index (Phi) is 7.44. The molecule has 5 rings (SSSR count). The minimum absolute atomic E-state index is 0. The van der Waals surface area contributed by atoms with Gasteiger partial charge in [0.25, 0.3) is 5.91 Å². The number of nitrogens with zero attached hydrogens (tertiary/aromatic N) is 4. The van der Waals surface area contributed by atoms with E-state index in [4.69, 9.17) is 9.97 Å². The van der Waals surface area contributed by atoms with Gasteiger partial charge in [-0.25, -0.2) is 9.97 Å². The minimum atomic E-state index is -0.105. The summed E-state index contributed by atoms with van der Waals surface area (Å²) >= 11 is 0. The fraction of sp³-hybridized carbons (Fsp3) is 0.357. The highest BCUT2D eigenvalue weighted by Gasteiger charge is 2.23. The summed E-state index contributed by atoms with van der Waals surface area (Å²) in [6.45, 7) is 0.678. The molecule has 182 valence electrons. The normalized spacial score (nSPS) is 17.5. The van der Waals surface area contributed by atoms with E-state index in [1.165, 1.54) is 0 Å². The highest BCUT2D eigenvalue weighted by atomic mass is 16.1. The molecule has 2 N–H and O–H groups in total. The summed E-state index contributed by atoms with van der Waals surface area (Å²) in [7, 11) is 4.01. The van der Waals surface area contributed by atoms with Gasteiger partial charge < -0.3 is 15.5 Å². The van der Waals surface area contributed by atoms with Crippen LogP contribution in [0.5, 0.6) is 0 Å². The van der Waals surface area contributed by atoms with Crippen molar-refractivity contribution in [2.24, 2.45) is 5.92 Å². The Balaban J connectivity index is 0.00000289. The Morgan fingerprint density at radius 1 is 0.886 bits per heavy atom. The van der Waals surface area contributed by atoms with E-state index in [0.717, 1.165) is 53.3 Å². The molecule has 0 saturated heterocycles. The molecule has 0 radical (unpaired) electrons. The van der Waals surface area contributed by atoms with E-state index < -0.39 is 0 Å². The van der Waals surface area contributed by atoms with Crippen molar-refractivity contribution in [1.82, 2.24) is 20.3 Å². The van der Waals surface area contributed by atoms with Crippen LogP contribution in [0, 0.1) is 5.92 Å². The molecular formula is C28H34N6O. The van der Waals surface area contributed by atoms with Crippen molar-refractivity contribution in [2.75, 3.05) is 30.9 Å². The Labute approximate surface area is 207 Å². The average molecular weight is 471 g/mol. The lowest BCUT2D eigenvalue weighted by atomic mass is 9.86. The lowest BCUT2D eigenvalue weighted by molar-refractivity contribution is 0.0938. The molecule has 1 aliphatic carbocycles. The predicted molar refractivity (Wildman–Crippen MR) is 144 cm³/mol. The van der Waals surface area contributed by atoms with Gasteiger partial charge in [0.2, 0.25) is 5.95 Å². The second kappa shape index (κ2) is 10.7. The van der Waals surface area contributed by atoms with Gasteiger partial charge in [-0.05, 0) is 55.9 Å². The first-order valence-corrected chi connectivity index (χ1v) is 11.9. The SMILES string of the molecule is C.CN(C)c1nc(NC2CCC(CNC(=O)c3ccc4ccccc4n3)CC2)nc2ccccc12. The fourth-order valence-corrected chi connectivity index (χ4v) is 4.68. The number of carbonyl (C=O) groups excluding carboxylic acids is 1. The third kappa shape index (κ3) is 5.50. The van der Waals surface area contributed by atoms with E-state index in [1.807, 2.05) is 67.5 Å². The third-order valence-corrected chi connectivity index (χ3v) is 6.57. The van der Waals surface area contributed by atoms with Crippen molar-refractivity contribution in [1.29, 1.82) is 0 Å². The second-order valence-electron chi connectivity index (χ2n) is 9.24. The van der Waals surface area contributed by atoms with Crippen molar-refractivity contribution in [3.05, 3.63) is 66.4 Å². The smallest absolute Gasteiger partial charge is 0.269 e. The maximum absolute atomic E-state index is 12.6. The van der Waals surface area contributed by atoms with E-state index in [1.54, 1.807) is 6.07 Å². The first-order chi connectivity index (χ1) is 16.6. The lowest BCUT2D eigenvalue weighted by Crippen LogP contribution is -2.34. The van der Waals surface area contributed by atoms with Crippen LogP contribution in [-0.4, -0.2) is 47.5 Å². The monoisotopic (exact) mass is 470 g/mol. The maximum atomic E-state index is 12.6. The van der Waals surface area contributed by atoms with Crippen LogP contribution >= 0.6 is 0 Å². The van der Waals surface area contributed by atoms with Crippen LogP contribution in [0.25, 0.3) is 21.8 Å². The topological polar surface area (TPSA) is 83.0 Å². The zero-order valence-electron chi connectivity index (χ0n) is 19.7. The number of amides is 1. The first kappa shape index (κ1) is 24.4. The van der Waals surface area contributed by atoms with Crippen LogP contribution in [0.3, 0.4) is 0 Å². The third-order valence-electron chi connectivity index (χ3n) is 6.57. The Morgan fingerprint density at radius 2 is 1.60 bits per heavy atom. The molecule has 2 aromatic carbocycles. The van der Waals surface area contributed by atoms with Crippen LogP contribution in [0.1, 0.15) is 43.6 Å². The number of hydrogen-bond acceptors (Lipinski definition) is 6. The van der Waals surface area contributed by atoms with E-state index in [-0.39, 0.29) is 13.3 Å². The van der Waals surface area contributed by atoms with E-state index in [9.17, 15) is 4.79 Å². The van der Waals surface area contributed by atoms with Gasteiger partial charge in [0, 0.05) is 37.5 Å². The Hall–Kier alpha value is -3.74. The van der Waals surface area contributed by atoms with Crippen molar-refractivity contribution in [3.8, 4) is 0 Å². The number of rotatable bonds is 6. The first-order valence-electron chi connectivity index (χ1n) is 11.9. The average Bonchev–Trinajstić information content (AvgIpc) is 2.87. The number of fused-ring (bicyclic) bond motifs is 2. The van der Waals surface area contributed by atoms with E-state index in [2.05, 4.69) is 21.7 Å². The maximum Gasteiger partial charge on any atom is 0.269 e. The number of nitrogens with one attached hydrogen (secondary N) is 2. The van der Waals surface area contributed by atoms with Crippen LogP contribution in [0.2, 0.25) is 0 Å². The van der Waals surface area contributed by atoms with Crippen molar-refractivity contribution >= 4 is 39.5 Å². The molecule has 2 heterocycles. The molecule has 7 nitrogen and oxygen atoms in total. The molecular weight excluding hydrogens is 436 g/mol. The van der Waals surface area contributed by atoms with Crippen LogP contribution < -0.4 is 15.5 Å². The number of para-hydroxylation sites is 2. The summed E-state index contributed by atoms with van der Waals surface area (Å²) in [6.07, 6.45) is 4.17. The summed E-state index contributed by atoms with van der Waals surface area (Å²) in [5.41, 5.74) is 2.26. The summed E-state index contributed by atoms with van der Waals surface area (Å²) < 4.78 is 0. The molecule has 0 unspecified atom stereocenters. The zero-order chi connectivity index (χ0) is 23.5. The molecule has 1 aliphatic rings. The Morgan fingerprint density at radius 3 is 2.37 bits per heavy atom. The van der Waals surface area contributed by atoms with Gasteiger partial charge in [-0.15, -0.1) is 0 Å². The van der Waals surface area contributed by atoms with Crippen LogP contribution in [0.15, 0.2) is 60.7 Å². The molecule has 35 heavy (non-hydrogen) atoms. The number of carbonyl (C=O) groups is 1. The van der Waals surface area contributed by atoms with E-state index >= 15 is 0 Å². The molecule has 7 heteroatoms. The van der Waals surface area contributed by atoms with Crippen LogP contribution in [0.4, 0.5) is 11.8 Å². The second-order valence-corrected chi connectivity index (χ2v) is 9.24. The Bertz CT molecular complexity index is 1310. The highest BCUT2D eigenvalue weighted by Crippen LogP contribution is 2.28. The lowest BCUT2D eigenvalue weighted by Gasteiger charge is -2.29. The molecule has 1 fully saturated rings. The number of anilines is 2. The summed E-state index contributed by atoms with van der Waals surface area (Å²) in [4.78, 5) is 28.7. The fourth-order valence-electron chi connectivity index (χ4n) is 4.68. The van der Waals surface area contributed by atoms with Gasteiger partial charge in [-0.3, -0.25) is 4.79 Å². The number of aromatic nitrogens is 3. The largest absolute Gasteiger partial charge is 0.362 e. The summed E-state index contributed by atoms with van der Waals surface area (Å²) in [6, 6.07) is 20.0. The molecule has 1 saturated carbocycles. The van der Waals surface area contributed by atoms with Gasteiger partial charge in [0.1, 0.15) is 11.5 Å². The van der Waals surface area contributed by atoms with Gasteiger partial charge in [-0.1, -0.05) is 43.8 Å². The van der Waals surface area contributed by atoms with Gasteiger partial charge in [-0.2, -0.15) is 4.98 Å². The summed E-state index contributed by atoms with van der Waals surface area (Å²) in [5.74, 6) is 1.97.